The highest BCUT2D eigenvalue weighted by atomic mass is 35.5. The van der Waals surface area contributed by atoms with E-state index in [0.717, 1.165) is 22.3 Å². The van der Waals surface area contributed by atoms with E-state index >= 15 is 0 Å². The third kappa shape index (κ3) is 2.41. The normalized spacial score (nSPS) is 12.5. The van der Waals surface area contributed by atoms with Crippen LogP contribution in [-0.4, -0.2) is 0 Å². The molecule has 0 radical (unpaired) electrons. The van der Waals surface area contributed by atoms with Gasteiger partial charge in [0.15, 0.2) is 0 Å². The molecular weight excluding hydrogens is 247 g/mol. The molecule has 0 spiro atoms. The predicted octanol–water partition coefficient (Wildman–Crippen LogP) is 5.08. The topological polar surface area (TPSA) is 0 Å². The maximum absolute atomic E-state index is 13.3. The van der Waals surface area contributed by atoms with Gasteiger partial charge in [-0.3, -0.25) is 0 Å². The van der Waals surface area contributed by atoms with Crippen LogP contribution in [0.4, 0.5) is 4.39 Å². The van der Waals surface area contributed by atoms with Crippen LogP contribution in [0.15, 0.2) is 36.4 Å². The highest BCUT2D eigenvalue weighted by Gasteiger charge is 2.16. The van der Waals surface area contributed by atoms with E-state index in [2.05, 4.69) is 0 Å². The summed E-state index contributed by atoms with van der Waals surface area (Å²) in [5, 5.41) is -0.231. The molecule has 0 saturated heterocycles. The molecule has 0 aromatic heterocycles. The Hall–Kier alpha value is -1.34. The van der Waals surface area contributed by atoms with Gasteiger partial charge in [0.05, 0.1) is 5.38 Å². The van der Waals surface area contributed by atoms with Gasteiger partial charge in [0, 0.05) is 0 Å². The second-order valence-electron chi connectivity index (χ2n) is 4.68. The average molecular weight is 263 g/mol. The Balaban J connectivity index is 2.48. The van der Waals surface area contributed by atoms with Gasteiger partial charge in [0.25, 0.3) is 0 Å². The lowest BCUT2D eigenvalue weighted by Gasteiger charge is -2.16. The zero-order chi connectivity index (χ0) is 13.3. The lowest BCUT2D eigenvalue weighted by molar-refractivity contribution is 0.617. The Morgan fingerprint density at radius 1 is 0.944 bits per heavy atom. The van der Waals surface area contributed by atoms with Gasteiger partial charge in [-0.25, -0.2) is 4.39 Å². The molecule has 0 aliphatic carbocycles. The minimum Gasteiger partial charge on any atom is -0.207 e. The molecule has 0 heterocycles. The number of aryl methyl sites for hydroxylation is 3. The molecule has 0 amide bonds. The molecule has 0 aliphatic rings. The fourth-order valence-electron chi connectivity index (χ4n) is 2.22. The fourth-order valence-corrected chi connectivity index (χ4v) is 2.70. The van der Waals surface area contributed by atoms with E-state index in [0.29, 0.717) is 5.56 Å². The maximum atomic E-state index is 13.3. The molecule has 94 valence electrons. The molecule has 2 aromatic carbocycles. The van der Waals surface area contributed by atoms with Gasteiger partial charge in [0.1, 0.15) is 5.82 Å². The van der Waals surface area contributed by atoms with Crippen LogP contribution < -0.4 is 0 Å². The summed E-state index contributed by atoms with van der Waals surface area (Å²) >= 11 is 6.54. The quantitative estimate of drug-likeness (QED) is 0.662. The highest BCUT2D eigenvalue weighted by Crippen LogP contribution is 2.33. The number of benzene rings is 2. The van der Waals surface area contributed by atoms with Crippen LogP contribution in [0.1, 0.15) is 33.2 Å². The Labute approximate surface area is 112 Å². The first-order valence-corrected chi connectivity index (χ1v) is 6.40. The molecule has 0 nitrogen and oxygen atoms in total. The minimum absolute atomic E-state index is 0.191. The lowest BCUT2D eigenvalue weighted by atomic mass is 9.95. The summed E-state index contributed by atoms with van der Waals surface area (Å²) < 4.78 is 13.3. The summed E-state index contributed by atoms with van der Waals surface area (Å²) in [5.41, 5.74) is 5.01. The van der Waals surface area contributed by atoms with Gasteiger partial charge < -0.3 is 0 Å². The molecule has 18 heavy (non-hydrogen) atoms. The summed E-state index contributed by atoms with van der Waals surface area (Å²) in [5.74, 6) is -0.191. The first-order chi connectivity index (χ1) is 8.50. The van der Waals surface area contributed by atoms with Crippen molar-refractivity contribution in [1.82, 2.24) is 0 Å². The van der Waals surface area contributed by atoms with Gasteiger partial charge >= 0.3 is 0 Å². The number of halogens is 2. The van der Waals surface area contributed by atoms with Crippen LogP contribution in [0.5, 0.6) is 0 Å². The molecule has 1 atom stereocenters. The monoisotopic (exact) mass is 262 g/mol. The zero-order valence-electron chi connectivity index (χ0n) is 10.8. The molecule has 0 saturated carbocycles. The number of rotatable bonds is 2. The van der Waals surface area contributed by atoms with E-state index in [1.807, 2.05) is 38.1 Å². The van der Waals surface area contributed by atoms with Crippen molar-refractivity contribution < 1.29 is 4.39 Å². The van der Waals surface area contributed by atoms with Gasteiger partial charge in [-0.15, -0.1) is 11.6 Å². The molecule has 2 rings (SSSR count). The summed E-state index contributed by atoms with van der Waals surface area (Å²) in [4.78, 5) is 0. The van der Waals surface area contributed by atoms with E-state index < -0.39 is 0 Å². The molecule has 0 N–H and O–H groups in total. The molecule has 2 heteroatoms. The Morgan fingerprint density at radius 2 is 1.56 bits per heavy atom. The average Bonchev–Trinajstić information content (AvgIpc) is 2.32. The van der Waals surface area contributed by atoms with Crippen LogP contribution >= 0.6 is 11.6 Å². The third-order valence-corrected chi connectivity index (χ3v) is 3.74. The highest BCUT2D eigenvalue weighted by molar-refractivity contribution is 6.22. The second kappa shape index (κ2) is 5.11. The van der Waals surface area contributed by atoms with Crippen LogP contribution in [-0.2, 0) is 0 Å². The molecule has 0 bridgehead atoms. The Morgan fingerprint density at radius 3 is 2.11 bits per heavy atom. The molecule has 2 aromatic rings. The maximum Gasteiger partial charge on any atom is 0.126 e. The number of hydrogen-bond donors (Lipinski definition) is 0. The number of hydrogen-bond acceptors (Lipinski definition) is 0. The van der Waals surface area contributed by atoms with Crippen molar-refractivity contribution in [2.45, 2.75) is 26.1 Å². The van der Waals surface area contributed by atoms with Crippen LogP contribution in [0, 0.1) is 26.6 Å². The second-order valence-corrected chi connectivity index (χ2v) is 5.11. The van der Waals surface area contributed by atoms with E-state index in [9.17, 15) is 4.39 Å². The molecule has 1 unspecified atom stereocenters. The Kier molecular flexibility index (Phi) is 3.72. The van der Waals surface area contributed by atoms with Crippen LogP contribution in [0.3, 0.4) is 0 Å². The van der Waals surface area contributed by atoms with Crippen molar-refractivity contribution in [3.8, 4) is 0 Å². The molecular formula is C16H16ClF. The van der Waals surface area contributed by atoms with Gasteiger partial charge in [-0.1, -0.05) is 30.3 Å². The van der Waals surface area contributed by atoms with Crippen molar-refractivity contribution in [2.24, 2.45) is 0 Å². The largest absolute Gasteiger partial charge is 0.207 e. The minimum atomic E-state index is -0.231. The van der Waals surface area contributed by atoms with Crippen molar-refractivity contribution in [3.05, 3.63) is 70.0 Å². The SMILES string of the molecule is Cc1cc(C(Cl)c2c(C)cccc2C)ccc1F. The summed E-state index contributed by atoms with van der Waals surface area (Å²) in [6.45, 7) is 5.86. The summed E-state index contributed by atoms with van der Waals surface area (Å²) in [7, 11) is 0. The van der Waals surface area contributed by atoms with Crippen LogP contribution in [0.2, 0.25) is 0 Å². The van der Waals surface area contributed by atoms with E-state index in [4.69, 9.17) is 11.6 Å². The van der Waals surface area contributed by atoms with Gasteiger partial charge in [0.2, 0.25) is 0 Å². The zero-order valence-corrected chi connectivity index (χ0v) is 11.6. The van der Waals surface area contributed by atoms with Gasteiger partial charge in [-0.05, 0) is 54.7 Å². The summed E-state index contributed by atoms with van der Waals surface area (Å²) in [6.07, 6.45) is 0. The van der Waals surface area contributed by atoms with E-state index in [-0.39, 0.29) is 11.2 Å². The van der Waals surface area contributed by atoms with Crippen LogP contribution in [0.25, 0.3) is 0 Å². The molecule has 0 fully saturated rings. The van der Waals surface area contributed by atoms with Crippen molar-refractivity contribution >= 4 is 11.6 Å². The smallest absolute Gasteiger partial charge is 0.126 e. The lowest BCUT2D eigenvalue weighted by Crippen LogP contribution is -2.00. The first-order valence-electron chi connectivity index (χ1n) is 5.97. The first kappa shape index (κ1) is 13.1. The van der Waals surface area contributed by atoms with Crippen molar-refractivity contribution in [2.75, 3.05) is 0 Å². The number of alkyl halides is 1. The van der Waals surface area contributed by atoms with E-state index in [1.165, 1.54) is 6.07 Å². The van der Waals surface area contributed by atoms with Crippen molar-refractivity contribution in [3.63, 3.8) is 0 Å². The summed E-state index contributed by atoms with van der Waals surface area (Å²) in [6, 6.07) is 11.2. The fraction of sp³-hybridized carbons (Fsp3) is 0.250. The molecule has 0 aliphatic heterocycles. The van der Waals surface area contributed by atoms with Gasteiger partial charge in [-0.2, -0.15) is 0 Å². The predicted molar refractivity (Wildman–Crippen MR) is 74.7 cm³/mol. The van der Waals surface area contributed by atoms with Crippen molar-refractivity contribution in [1.29, 1.82) is 0 Å². The van der Waals surface area contributed by atoms with E-state index in [1.54, 1.807) is 13.0 Å². The Bertz CT molecular complexity index is 555. The standard InChI is InChI=1S/C16H16ClF/c1-10-5-4-6-11(2)15(10)16(17)13-7-8-14(18)12(3)9-13/h4-9,16H,1-3H3. The third-order valence-electron chi connectivity index (χ3n) is 3.27.